The van der Waals surface area contributed by atoms with Crippen LogP contribution >= 0.6 is 0 Å². The number of para-hydroxylation sites is 1. The highest BCUT2D eigenvalue weighted by molar-refractivity contribution is 6.71. The largest absolute Gasteiger partial charge is 0.310 e. The van der Waals surface area contributed by atoms with E-state index >= 15 is 0 Å². The second kappa shape index (κ2) is 14.0. The van der Waals surface area contributed by atoms with Gasteiger partial charge in [-0.15, -0.1) is 10.9 Å². The summed E-state index contributed by atoms with van der Waals surface area (Å²) >= 11 is 0. The fraction of sp³-hybridized carbons (Fsp3) is 0.0204. The number of nitrogens with zero attached hydrogens (tertiary/aromatic N) is 2. The van der Waals surface area contributed by atoms with Gasteiger partial charge in [-0.2, -0.15) is 0 Å². The van der Waals surface area contributed by atoms with E-state index in [-0.39, 0.29) is 0 Å². The van der Waals surface area contributed by atoms with Gasteiger partial charge in [0.1, 0.15) is 62.8 Å². The summed E-state index contributed by atoms with van der Waals surface area (Å²) in [5.74, 6) is 0. The van der Waals surface area contributed by atoms with E-state index in [2.05, 4.69) is 230 Å². The second-order valence-corrected chi connectivity index (χ2v) is 16.7. The lowest BCUT2D eigenvalue weighted by atomic mass is 9.63. The van der Waals surface area contributed by atoms with Crippen molar-refractivity contribution in [3.63, 3.8) is 0 Å². The van der Waals surface area contributed by atoms with E-state index in [1.54, 1.807) is 0 Å². The summed E-state index contributed by atoms with van der Waals surface area (Å²) in [7, 11) is 18.5. The summed E-state index contributed by atoms with van der Waals surface area (Å²) in [6, 6.07) is 58.4. The zero-order valence-electron chi connectivity index (χ0n) is 35.4. The summed E-state index contributed by atoms with van der Waals surface area (Å²) in [4.78, 5) is 0. The van der Waals surface area contributed by atoms with E-state index in [0.29, 0.717) is 0 Å². The molecule has 0 saturated heterocycles. The van der Waals surface area contributed by atoms with Gasteiger partial charge in [0.2, 0.25) is 0 Å². The first kappa shape index (κ1) is 37.2. The zero-order chi connectivity index (χ0) is 40.7. The molecule has 0 saturated carbocycles. The minimum Gasteiger partial charge on any atom is -0.310 e. The molecule has 0 aliphatic carbocycles. The Labute approximate surface area is 354 Å². The minimum absolute atomic E-state index is 0.540. The number of aromatic nitrogens is 2. The molecule has 0 aliphatic rings. The van der Waals surface area contributed by atoms with Crippen molar-refractivity contribution in [2.24, 2.45) is 0 Å². The van der Waals surface area contributed by atoms with E-state index in [1.165, 1.54) is 115 Å². The van der Waals surface area contributed by atoms with Crippen LogP contribution in [0.15, 0.2) is 158 Å². The van der Waals surface area contributed by atoms with Crippen LogP contribution in [0.2, 0.25) is 0 Å². The van der Waals surface area contributed by atoms with Crippen molar-refractivity contribution < 1.29 is 0 Å². The SMILES string of the molecule is Bc1c(B)c(B)c2c(c1B)c1c(B)c(B)c(B)c(B)c1n2-c1ccc2c(c1)c1ccccc1n2-c1cccc(C(c2ccccc2)(c2ccccc2)c2ccccc2)c1. The molecule has 0 N–H and O–H groups in total. The Kier molecular flexibility index (Phi) is 8.83. The highest BCUT2D eigenvalue weighted by Crippen LogP contribution is 2.46. The Hall–Kier alpha value is -6.12. The molecule has 0 unspecified atom stereocenters. The molecule has 0 aliphatic heterocycles. The van der Waals surface area contributed by atoms with Crippen molar-refractivity contribution in [2.45, 2.75) is 5.41 Å². The molecule has 0 bridgehead atoms. The molecule has 2 aromatic heterocycles. The third-order valence-corrected chi connectivity index (χ3v) is 14.1. The van der Waals surface area contributed by atoms with Crippen molar-refractivity contribution in [2.75, 3.05) is 0 Å². The van der Waals surface area contributed by atoms with Crippen LogP contribution in [0.1, 0.15) is 22.3 Å². The molecule has 10 heteroatoms. The topological polar surface area (TPSA) is 9.86 Å². The molecular weight excluding hydrogens is 703 g/mol. The smallest absolute Gasteiger partial charge is 0.141 e. The van der Waals surface area contributed by atoms with Crippen LogP contribution in [-0.4, -0.2) is 71.9 Å². The summed E-state index contributed by atoms with van der Waals surface area (Å²) in [6.45, 7) is 0. The first-order valence-corrected chi connectivity index (χ1v) is 21.0. The van der Waals surface area contributed by atoms with E-state index in [1.807, 2.05) is 0 Å². The molecule has 10 rings (SSSR count). The van der Waals surface area contributed by atoms with Gasteiger partial charge in [-0.1, -0.05) is 154 Å². The lowest BCUT2D eigenvalue weighted by Crippen LogP contribution is -2.49. The Morgan fingerprint density at radius 3 is 1.25 bits per heavy atom. The quantitative estimate of drug-likeness (QED) is 0.143. The van der Waals surface area contributed by atoms with Gasteiger partial charge in [-0.3, -0.25) is 0 Å². The average Bonchev–Trinajstić information content (AvgIpc) is 3.82. The number of hydrogen-bond donors (Lipinski definition) is 0. The van der Waals surface area contributed by atoms with Gasteiger partial charge < -0.3 is 9.13 Å². The van der Waals surface area contributed by atoms with E-state index < -0.39 is 5.41 Å². The first-order chi connectivity index (χ1) is 28.6. The van der Waals surface area contributed by atoms with E-state index in [4.69, 9.17) is 0 Å². The van der Waals surface area contributed by atoms with Crippen LogP contribution in [-0.2, 0) is 5.41 Å². The molecular formula is C49H42B8N2. The van der Waals surface area contributed by atoms with Crippen LogP contribution in [0.3, 0.4) is 0 Å². The van der Waals surface area contributed by atoms with Crippen molar-refractivity contribution in [1.29, 1.82) is 0 Å². The standard InChI is InChI=1S/C49H42B8N2/c50-39-37-38-40(51)42(53)44(55)46(57)48(38)59(47(37)45(56)43(54)41(39)52)32-23-24-36-34(26-32)33-21-10-11-22-35(33)58(36)31-20-12-19-30(25-31)49(27-13-4-1-5-14-27,28-15-6-2-7-16-28)29-17-8-3-9-18-29/h1-26H,50-57H2. The molecule has 59 heavy (non-hydrogen) atoms. The predicted molar refractivity (Wildman–Crippen MR) is 279 cm³/mol. The molecule has 272 valence electrons. The van der Waals surface area contributed by atoms with Gasteiger partial charge in [0, 0.05) is 33.2 Å². The van der Waals surface area contributed by atoms with Crippen molar-refractivity contribution >= 4 is 150 Å². The second-order valence-electron chi connectivity index (χ2n) is 16.7. The number of benzene rings is 8. The Morgan fingerprint density at radius 2 is 0.729 bits per heavy atom. The van der Waals surface area contributed by atoms with Crippen molar-refractivity contribution in [1.82, 2.24) is 9.13 Å². The summed E-state index contributed by atoms with van der Waals surface area (Å²) in [6.07, 6.45) is 0. The van der Waals surface area contributed by atoms with Gasteiger partial charge in [0.15, 0.2) is 0 Å². The van der Waals surface area contributed by atoms with Crippen LogP contribution in [0.5, 0.6) is 0 Å². The number of rotatable bonds is 6. The molecule has 0 atom stereocenters. The molecule has 10 aromatic rings. The highest BCUT2D eigenvalue weighted by Gasteiger charge is 2.38. The number of fused-ring (bicyclic) bond motifs is 6. The van der Waals surface area contributed by atoms with E-state index in [0.717, 1.165) is 5.69 Å². The Bertz CT molecular complexity index is 3130. The summed E-state index contributed by atoms with van der Waals surface area (Å²) in [5.41, 5.74) is 22.8. The molecule has 2 nitrogen and oxygen atoms in total. The monoisotopic (exact) mass is 746 g/mol. The van der Waals surface area contributed by atoms with Crippen molar-refractivity contribution in [3.05, 3.63) is 180 Å². The van der Waals surface area contributed by atoms with Crippen LogP contribution in [0.4, 0.5) is 0 Å². The molecule has 0 amide bonds. The maximum absolute atomic E-state index is 2.59. The van der Waals surface area contributed by atoms with Crippen LogP contribution in [0, 0.1) is 0 Å². The van der Waals surface area contributed by atoms with Crippen molar-refractivity contribution in [3.8, 4) is 11.4 Å². The molecule has 0 spiro atoms. The molecule has 0 fully saturated rings. The highest BCUT2D eigenvalue weighted by atomic mass is 15.0. The third kappa shape index (κ3) is 5.31. The minimum atomic E-state index is -0.540. The lowest BCUT2D eigenvalue weighted by molar-refractivity contribution is 0.744. The van der Waals surface area contributed by atoms with Gasteiger partial charge in [-0.25, -0.2) is 0 Å². The first-order valence-electron chi connectivity index (χ1n) is 21.0. The van der Waals surface area contributed by atoms with Gasteiger partial charge in [0.25, 0.3) is 0 Å². The summed E-state index contributed by atoms with van der Waals surface area (Å²) < 4.78 is 5.07. The Morgan fingerprint density at radius 1 is 0.305 bits per heavy atom. The summed E-state index contributed by atoms with van der Waals surface area (Å²) in [5, 5.41) is 5.27. The van der Waals surface area contributed by atoms with Gasteiger partial charge in [0.05, 0.1) is 16.4 Å². The van der Waals surface area contributed by atoms with Gasteiger partial charge >= 0.3 is 0 Å². The third-order valence-electron chi connectivity index (χ3n) is 14.1. The zero-order valence-corrected chi connectivity index (χ0v) is 35.4. The Balaban J connectivity index is 1.27. The van der Waals surface area contributed by atoms with Crippen LogP contribution in [0.25, 0.3) is 55.0 Å². The molecule has 0 radical (unpaired) electrons. The lowest BCUT2D eigenvalue weighted by Gasteiger charge is -2.37. The average molecular weight is 745 g/mol. The maximum atomic E-state index is 2.59. The molecule has 2 heterocycles. The van der Waals surface area contributed by atoms with E-state index in [9.17, 15) is 0 Å². The van der Waals surface area contributed by atoms with Crippen LogP contribution < -0.4 is 43.7 Å². The molecule has 8 aromatic carbocycles. The fourth-order valence-electron chi connectivity index (χ4n) is 10.4. The fourth-order valence-corrected chi connectivity index (χ4v) is 10.4. The van der Waals surface area contributed by atoms with Gasteiger partial charge in [-0.05, 0) is 69.4 Å². The number of hydrogen-bond acceptors (Lipinski definition) is 0. The predicted octanol–water partition coefficient (Wildman–Crippen LogP) is -1.67. The maximum Gasteiger partial charge on any atom is 0.141 e. The normalized spacial score (nSPS) is 11.9.